The number of sulfonamides is 1. The first-order chi connectivity index (χ1) is 9.03. The van der Waals surface area contributed by atoms with Crippen LogP contribution in [0.25, 0.3) is 0 Å². The molecule has 1 aromatic rings. The van der Waals surface area contributed by atoms with Crippen molar-refractivity contribution in [2.45, 2.75) is 23.8 Å². The largest absolute Gasteiger partial charge is 0.495 e. The van der Waals surface area contributed by atoms with E-state index < -0.39 is 10.0 Å². The molecular formula is C12H18Cl2N2O3S. The fraction of sp³-hybridized carbons (Fsp3) is 0.500. The average Bonchev–Trinajstić information content (AvgIpc) is 2.39. The van der Waals surface area contributed by atoms with Crippen molar-refractivity contribution in [2.75, 3.05) is 20.2 Å². The minimum atomic E-state index is -3.62. The van der Waals surface area contributed by atoms with Gasteiger partial charge in [-0.05, 0) is 37.6 Å². The Hall–Kier alpha value is -0.530. The van der Waals surface area contributed by atoms with E-state index in [-0.39, 0.29) is 23.3 Å². The van der Waals surface area contributed by atoms with Crippen LogP contribution in [0.4, 0.5) is 0 Å². The molecule has 1 fully saturated rings. The van der Waals surface area contributed by atoms with E-state index in [0.29, 0.717) is 17.3 Å². The molecule has 0 amide bonds. The van der Waals surface area contributed by atoms with Gasteiger partial charge in [0.05, 0.1) is 7.11 Å². The molecule has 5 nitrogen and oxygen atoms in total. The predicted octanol–water partition coefficient (Wildman–Crippen LogP) is 1.80. The van der Waals surface area contributed by atoms with Gasteiger partial charge in [-0.25, -0.2) is 13.1 Å². The van der Waals surface area contributed by atoms with Gasteiger partial charge in [0, 0.05) is 17.6 Å². The molecule has 114 valence electrons. The monoisotopic (exact) mass is 340 g/mol. The van der Waals surface area contributed by atoms with Gasteiger partial charge < -0.3 is 10.1 Å². The van der Waals surface area contributed by atoms with E-state index in [1.807, 2.05) is 0 Å². The summed E-state index contributed by atoms with van der Waals surface area (Å²) < 4.78 is 32.5. The van der Waals surface area contributed by atoms with Gasteiger partial charge in [0.1, 0.15) is 10.6 Å². The van der Waals surface area contributed by atoms with Crippen LogP contribution in [0.15, 0.2) is 23.1 Å². The van der Waals surface area contributed by atoms with Gasteiger partial charge in [0.2, 0.25) is 10.0 Å². The molecule has 20 heavy (non-hydrogen) atoms. The highest BCUT2D eigenvalue weighted by Crippen LogP contribution is 2.27. The molecule has 8 heteroatoms. The zero-order valence-electron chi connectivity index (χ0n) is 11.1. The summed E-state index contributed by atoms with van der Waals surface area (Å²) in [7, 11) is -2.19. The Bertz CT molecular complexity index is 546. The predicted molar refractivity (Wildman–Crippen MR) is 81.5 cm³/mol. The van der Waals surface area contributed by atoms with Crippen LogP contribution in [0.1, 0.15) is 12.8 Å². The van der Waals surface area contributed by atoms with E-state index in [2.05, 4.69) is 10.0 Å². The van der Waals surface area contributed by atoms with E-state index in [4.69, 9.17) is 16.3 Å². The molecule has 2 rings (SSSR count). The van der Waals surface area contributed by atoms with Crippen molar-refractivity contribution in [1.82, 2.24) is 10.0 Å². The topological polar surface area (TPSA) is 67.4 Å². The lowest BCUT2D eigenvalue weighted by Crippen LogP contribution is -2.45. The zero-order chi connectivity index (χ0) is 13.9. The van der Waals surface area contributed by atoms with Gasteiger partial charge >= 0.3 is 0 Å². The maximum absolute atomic E-state index is 12.4. The number of halogens is 2. The number of benzene rings is 1. The van der Waals surface area contributed by atoms with Crippen LogP contribution in [-0.2, 0) is 10.0 Å². The van der Waals surface area contributed by atoms with Crippen LogP contribution in [0, 0.1) is 0 Å². The van der Waals surface area contributed by atoms with Crippen molar-refractivity contribution < 1.29 is 13.2 Å². The summed E-state index contributed by atoms with van der Waals surface area (Å²) in [5, 5.41) is 3.53. The Labute approximate surface area is 130 Å². The Morgan fingerprint density at radius 1 is 1.45 bits per heavy atom. The minimum Gasteiger partial charge on any atom is -0.495 e. The lowest BCUT2D eigenvalue weighted by molar-refractivity contribution is 0.399. The third-order valence-electron chi connectivity index (χ3n) is 3.03. The van der Waals surface area contributed by atoms with Crippen LogP contribution in [0.5, 0.6) is 5.75 Å². The van der Waals surface area contributed by atoms with Gasteiger partial charge in [0.15, 0.2) is 0 Å². The summed E-state index contributed by atoms with van der Waals surface area (Å²) >= 11 is 5.86. The van der Waals surface area contributed by atoms with Gasteiger partial charge in [-0.1, -0.05) is 11.6 Å². The molecule has 0 aromatic heterocycles. The molecule has 0 aliphatic carbocycles. The summed E-state index contributed by atoms with van der Waals surface area (Å²) in [6, 6.07) is 4.46. The number of hydrogen-bond donors (Lipinski definition) is 2. The Morgan fingerprint density at radius 3 is 2.80 bits per heavy atom. The first kappa shape index (κ1) is 17.5. The van der Waals surface area contributed by atoms with E-state index in [1.165, 1.54) is 13.2 Å². The van der Waals surface area contributed by atoms with Crippen LogP contribution in [-0.4, -0.2) is 34.7 Å². The molecule has 1 unspecified atom stereocenters. The number of hydrogen-bond acceptors (Lipinski definition) is 4. The van der Waals surface area contributed by atoms with Crippen molar-refractivity contribution in [3.05, 3.63) is 23.2 Å². The Morgan fingerprint density at radius 2 is 2.20 bits per heavy atom. The molecular weight excluding hydrogens is 323 g/mol. The summed E-state index contributed by atoms with van der Waals surface area (Å²) in [4.78, 5) is 0.0769. The molecule has 0 saturated carbocycles. The smallest absolute Gasteiger partial charge is 0.244 e. The second-order valence-electron chi connectivity index (χ2n) is 4.46. The quantitative estimate of drug-likeness (QED) is 0.876. The summed E-state index contributed by atoms with van der Waals surface area (Å²) in [5.41, 5.74) is 0. The molecule has 1 atom stereocenters. The van der Waals surface area contributed by atoms with Gasteiger partial charge in [-0.3, -0.25) is 0 Å². The summed E-state index contributed by atoms with van der Waals surface area (Å²) in [5.74, 6) is 0.292. The number of nitrogens with one attached hydrogen (secondary N) is 2. The highest BCUT2D eigenvalue weighted by molar-refractivity contribution is 7.89. The lowest BCUT2D eigenvalue weighted by atomic mass is 10.1. The normalized spacial score (nSPS) is 19.2. The van der Waals surface area contributed by atoms with Gasteiger partial charge in [-0.15, -0.1) is 12.4 Å². The molecule has 1 aliphatic rings. The first-order valence-electron chi connectivity index (χ1n) is 6.09. The minimum absolute atomic E-state index is 0. The van der Waals surface area contributed by atoms with Crippen LogP contribution in [0.3, 0.4) is 0 Å². The summed E-state index contributed by atoms with van der Waals surface area (Å²) in [6.07, 6.45) is 1.79. The number of rotatable bonds is 4. The molecule has 2 N–H and O–H groups in total. The highest BCUT2D eigenvalue weighted by Gasteiger charge is 2.24. The average molecular weight is 341 g/mol. The van der Waals surface area contributed by atoms with Crippen molar-refractivity contribution in [1.29, 1.82) is 0 Å². The number of ether oxygens (including phenoxy) is 1. The van der Waals surface area contributed by atoms with Crippen molar-refractivity contribution in [2.24, 2.45) is 0 Å². The van der Waals surface area contributed by atoms with Crippen molar-refractivity contribution in [3.63, 3.8) is 0 Å². The Kier molecular flexibility index (Phi) is 6.54. The summed E-state index contributed by atoms with van der Waals surface area (Å²) in [6.45, 7) is 1.57. The maximum Gasteiger partial charge on any atom is 0.244 e. The number of piperidine rings is 1. The van der Waals surface area contributed by atoms with Gasteiger partial charge in [-0.2, -0.15) is 0 Å². The van der Waals surface area contributed by atoms with E-state index in [1.54, 1.807) is 12.1 Å². The van der Waals surface area contributed by atoms with Gasteiger partial charge in [0.25, 0.3) is 0 Å². The molecule has 1 aliphatic heterocycles. The lowest BCUT2D eigenvalue weighted by Gasteiger charge is -2.24. The second-order valence-corrected chi connectivity index (χ2v) is 6.58. The van der Waals surface area contributed by atoms with Crippen LogP contribution >= 0.6 is 24.0 Å². The fourth-order valence-electron chi connectivity index (χ4n) is 2.10. The maximum atomic E-state index is 12.4. The van der Waals surface area contributed by atoms with Crippen molar-refractivity contribution in [3.8, 4) is 5.75 Å². The van der Waals surface area contributed by atoms with Crippen LogP contribution < -0.4 is 14.8 Å². The third kappa shape index (κ3) is 4.23. The SMILES string of the molecule is COc1ccc(Cl)cc1S(=O)(=O)NC1CCCNC1.Cl. The molecule has 0 radical (unpaired) electrons. The molecule has 1 saturated heterocycles. The van der Waals surface area contributed by atoms with E-state index >= 15 is 0 Å². The third-order valence-corrected chi connectivity index (χ3v) is 4.81. The molecule has 0 spiro atoms. The molecule has 1 heterocycles. The fourth-order valence-corrected chi connectivity index (χ4v) is 3.80. The molecule has 0 bridgehead atoms. The number of methoxy groups -OCH3 is 1. The first-order valence-corrected chi connectivity index (χ1v) is 7.95. The second kappa shape index (κ2) is 7.47. The van der Waals surface area contributed by atoms with Crippen molar-refractivity contribution >= 4 is 34.0 Å². The standard InChI is InChI=1S/C12H17ClN2O3S.ClH/c1-18-11-5-4-9(13)7-12(11)19(16,17)15-10-3-2-6-14-8-10;/h4-5,7,10,14-15H,2-3,6,8H2,1H3;1H. The Balaban J connectivity index is 0.00000200. The highest BCUT2D eigenvalue weighted by atomic mass is 35.5. The van der Waals surface area contributed by atoms with Crippen LogP contribution in [0.2, 0.25) is 5.02 Å². The molecule has 1 aromatic carbocycles. The van der Waals surface area contributed by atoms with E-state index in [0.717, 1.165) is 19.4 Å². The van der Waals surface area contributed by atoms with E-state index in [9.17, 15) is 8.42 Å². The zero-order valence-corrected chi connectivity index (χ0v) is 13.4.